The van der Waals surface area contributed by atoms with Crippen LogP contribution in [-0.4, -0.2) is 38.7 Å². The molecule has 0 unspecified atom stereocenters. The largest absolute Gasteiger partial charge is 0.493 e. The van der Waals surface area contributed by atoms with E-state index in [0.717, 1.165) is 11.6 Å². The molecule has 2 aromatic rings. The Morgan fingerprint density at radius 2 is 1.77 bits per heavy atom. The van der Waals surface area contributed by atoms with Gasteiger partial charge in [-0.05, 0) is 42.8 Å². The Kier molecular flexibility index (Phi) is 9.21. The van der Waals surface area contributed by atoms with Crippen molar-refractivity contribution < 1.29 is 28.2 Å². The van der Waals surface area contributed by atoms with Gasteiger partial charge in [-0.1, -0.05) is 17.7 Å². The molecule has 30 heavy (non-hydrogen) atoms. The highest BCUT2D eigenvalue weighted by atomic mass is 35.5. The third kappa shape index (κ3) is 7.44. The second-order valence-electron chi connectivity index (χ2n) is 6.18. The number of amides is 2. The summed E-state index contributed by atoms with van der Waals surface area (Å²) >= 11 is 5.87. The molecule has 0 spiro atoms. The quantitative estimate of drug-likeness (QED) is 0.563. The van der Waals surface area contributed by atoms with Crippen LogP contribution in [0.2, 0.25) is 5.02 Å². The number of nitrogens with one attached hydrogen (secondary N) is 2. The smallest absolute Gasteiger partial charge is 0.257 e. The van der Waals surface area contributed by atoms with Gasteiger partial charge in [-0.3, -0.25) is 9.59 Å². The van der Waals surface area contributed by atoms with Crippen LogP contribution in [0, 0.1) is 5.82 Å². The van der Waals surface area contributed by atoms with E-state index in [1.165, 1.54) is 19.2 Å². The lowest BCUT2D eigenvalue weighted by atomic mass is 10.2. The average Bonchev–Trinajstić information content (AvgIpc) is 2.72. The van der Waals surface area contributed by atoms with Gasteiger partial charge in [0.25, 0.3) is 5.91 Å². The minimum atomic E-state index is -0.457. The topological polar surface area (TPSA) is 85.9 Å². The first kappa shape index (κ1) is 23.3. The van der Waals surface area contributed by atoms with E-state index < -0.39 is 5.82 Å². The van der Waals surface area contributed by atoms with Crippen LogP contribution >= 0.6 is 11.6 Å². The fourth-order valence-electron chi connectivity index (χ4n) is 2.47. The lowest BCUT2D eigenvalue weighted by molar-refractivity contribution is -0.123. The summed E-state index contributed by atoms with van der Waals surface area (Å²) in [6, 6.07) is 8.97. The van der Waals surface area contributed by atoms with E-state index in [9.17, 15) is 14.0 Å². The normalized spacial score (nSPS) is 10.3. The van der Waals surface area contributed by atoms with Crippen LogP contribution in [0.15, 0.2) is 36.4 Å². The van der Waals surface area contributed by atoms with E-state index in [1.807, 2.05) is 6.92 Å². The molecule has 0 aliphatic carbocycles. The van der Waals surface area contributed by atoms with E-state index in [4.69, 9.17) is 25.8 Å². The minimum Gasteiger partial charge on any atom is -0.493 e. The van der Waals surface area contributed by atoms with Crippen LogP contribution in [0.3, 0.4) is 0 Å². The number of ether oxygens (including phenoxy) is 3. The molecule has 0 saturated carbocycles. The SMILES string of the molecule is CCNC(=O)COc1ccc(CNC(=O)CCOc2ccc(F)cc2Cl)cc1OC. The van der Waals surface area contributed by atoms with Crippen LogP contribution in [0.4, 0.5) is 4.39 Å². The molecule has 7 nitrogen and oxygen atoms in total. The molecule has 2 amide bonds. The monoisotopic (exact) mass is 438 g/mol. The third-order valence-electron chi connectivity index (χ3n) is 3.93. The number of carbonyl (C=O) groups is 2. The van der Waals surface area contributed by atoms with E-state index in [0.29, 0.717) is 23.8 Å². The molecule has 0 aliphatic heterocycles. The Bertz CT molecular complexity index is 878. The Morgan fingerprint density at radius 1 is 1.00 bits per heavy atom. The minimum absolute atomic E-state index is 0.104. The zero-order chi connectivity index (χ0) is 21.9. The highest BCUT2D eigenvalue weighted by Crippen LogP contribution is 2.28. The number of halogens is 2. The standard InChI is InChI=1S/C21H24ClFN2O5/c1-3-24-21(27)13-30-18-6-4-14(10-19(18)28-2)12-25-20(26)8-9-29-17-7-5-15(23)11-16(17)22/h4-7,10-11H,3,8-9,12-13H2,1-2H3,(H,24,27)(H,25,26). The van der Waals surface area contributed by atoms with Gasteiger partial charge < -0.3 is 24.8 Å². The van der Waals surface area contributed by atoms with Crippen LogP contribution in [-0.2, 0) is 16.1 Å². The lowest BCUT2D eigenvalue weighted by Crippen LogP contribution is -2.28. The van der Waals surface area contributed by atoms with Crippen LogP contribution < -0.4 is 24.8 Å². The Morgan fingerprint density at radius 3 is 2.47 bits per heavy atom. The molecule has 162 valence electrons. The van der Waals surface area contributed by atoms with E-state index >= 15 is 0 Å². The number of rotatable bonds is 11. The highest BCUT2D eigenvalue weighted by molar-refractivity contribution is 6.32. The van der Waals surface area contributed by atoms with Crippen molar-refractivity contribution in [3.05, 3.63) is 52.8 Å². The summed E-state index contributed by atoms with van der Waals surface area (Å²) in [6.45, 7) is 2.63. The molecule has 9 heteroatoms. The van der Waals surface area contributed by atoms with Gasteiger partial charge in [-0.25, -0.2) is 4.39 Å². The first-order chi connectivity index (χ1) is 14.4. The van der Waals surface area contributed by atoms with Crippen molar-refractivity contribution in [1.82, 2.24) is 10.6 Å². The molecular formula is C21H24ClFN2O5. The second-order valence-corrected chi connectivity index (χ2v) is 6.58. The fourth-order valence-corrected chi connectivity index (χ4v) is 2.69. The van der Waals surface area contributed by atoms with Crippen LogP contribution in [0.5, 0.6) is 17.2 Å². The van der Waals surface area contributed by atoms with Crippen molar-refractivity contribution in [1.29, 1.82) is 0 Å². The highest BCUT2D eigenvalue weighted by Gasteiger charge is 2.10. The molecule has 0 aromatic heterocycles. The maximum Gasteiger partial charge on any atom is 0.257 e. The third-order valence-corrected chi connectivity index (χ3v) is 4.23. The maximum atomic E-state index is 13.0. The van der Waals surface area contributed by atoms with Crippen molar-refractivity contribution in [2.24, 2.45) is 0 Å². The molecule has 0 atom stereocenters. The zero-order valence-corrected chi connectivity index (χ0v) is 17.6. The summed E-state index contributed by atoms with van der Waals surface area (Å²) in [7, 11) is 1.49. The molecule has 0 saturated heterocycles. The van der Waals surface area contributed by atoms with Gasteiger partial charge in [-0.15, -0.1) is 0 Å². The zero-order valence-electron chi connectivity index (χ0n) is 16.8. The van der Waals surface area contributed by atoms with E-state index in [2.05, 4.69) is 10.6 Å². The summed E-state index contributed by atoms with van der Waals surface area (Å²) in [5, 5.41) is 5.57. The van der Waals surface area contributed by atoms with Gasteiger partial charge in [0.1, 0.15) is 11.6 Å². The number of carbonyl (C=O) groups excluding carboxylic acids is 2. The molecular weight excluding hydrogens is 415 g/mol. The van der Waals surface area contributed by atoms with Crippen LogP contribution in [0.1, 0.15) is 18.9 Å². The first-order valence-corrected chi connectivity index (χ1v) is 9.71. The molecule has 2 N–H and O–H groups in total. The fraction of sp³-hybridized carbons (Fsp3) is 0.333. The molecule has 0 aliphatic rings. The predicted molar refractivity (Wildman–Crippen MR) is 111 cm³/mol. The Balaban J connectivity index is 1.80. The number of methoxy groups -OCH3 is 1. The Labute approximate surface area is 179 Å². The van der Waals surface area contributed by atoms with Crippen molar-refractivity contribution in [2.75, 3.05) is 26.9 Å². The first-order valence-electron chi connectivity index (χ1n) is 9.34. The van der Waals surface area contributed by atoms with Gasteiger partial charge in [-0.2, -0.15) is 0 Å². The maximum absolute atomic E-state index is 13.0. The summed E-state index contributed by atoms with van der Waals surface area (Å²) in [4.78, 5) is 23.5. The van der Waals surface area contributed by atoms with Crippen LogP contribution in [0.25, 0.3) is 0 Å². The molecule has 0 bridgehead atoms. The summed E-state index contributed by atoms with van der Waals surface area (Å²) < 4.78 is 29.2. The number of hydrogen-bond acceptors (Lipinski definition) is 5. The van der Waals surface area contributed by atoms with Crippen molar-refractivity contribution in [3.63, 3.8) is 0 Å². The van der Waals surface area contributed by atoms with E-state index in [1.54, 1.807) is 18.2 Å². The number of hydrogen-bond donors (Lipinski definition) is 2. The van der Waals surface area contributed by atoms with Gasteiger partial charge in [0, 0.05) is 13.1 Å². The molecule has 2 aromatic carbocycles. The second kappa shape index (κ2) is 11.9. The summed E-state index contributed by atoms with van der Waals surface area (Å²) in [5.74, 6) is 0.313. The van der Waals surface area contributed by atoms with Gasteiger partial charge >= 0.3 is 0 Å². The van der Waals surface area contributed by atoms with Gasteiger partial charge in [0.05, 0.1) is 25.2 Å². The molecule has 0 heterocycles. The molecule has 2 rings (SSSR count). The van der Waals surface area contributed by atoms with Crippen molar-refractivity contribution >= 4 is 23.4 Å². The van der Waals surface area contributed by atoms with Gasteiger partial charge in [0.15, 0.2) is 18.1 Å². The summed E-state index contributed by atoms with van der Waals surface area (Å²) in [6.07, 6.45) is 0.110. The average molecular weight is 439 g/mol. The predicted octanol–water partition coefficient (Wildman–Crippen LogP) is 3.09. The van der Waals surface area contributed by atoms with Crippen molar-refractivity contribution in [2.45, 2.75) is 19.9 Å². The Hall–Kier alpha value is -3.00. The number of likely N-dealkylation sites (N-methyl/N-ethyl adjacent to an activating group) is 1. The lowest BCUT2D eigenvalue weighted by Gasteiger charge is -2.13. The molecule has 0 radical (unpaired) electrons. The number of benzene rings is 2. The van der Waals surface area contributed by atoms with E-state index in [-0.39, 0.29) is 43.0 Å². The summed E-state index contributed by atoms with van der Waals surface area (Å²) in [5.41, 5.74) is 0.799. The molecule has 0 fully saturated rings. The van der Waals surface area contributed by atoms with Crippen molar-refractivity contribution in [3.8, 4) is 17.2 Å². The van der Waals surface area contributed by atoms with Gasteiger partial charge in [0.2, 0.25) is 5.91 Å².